The van der Waals surface area contributed by atoms with Crippen molar-refractivity contribution in [3.05, 3.63) is 100 Å². The monoisotopic (exact) mass is 418 g/mol. The molecule has 4 rings (SSSR count). The molecular formula is C26H23FO4. The topological polar surface area (TPSA) is 63.6 Å². The third-order valence-corrected chi connectivity index (χ3v) is 5.73. The number of carboxylic acids is 1. The van der Waals surface area contributed by atoms with Gasteiger partial charge < -0.3 is 9.84 Å². The number of hydrogen-bond acceptors (Lipinski definition) is 3. The average molecular weight is 418 g/mol. The lowest BCUT2D eigenvalue weighted by molar-refractivity contribution is 0.0696. The van der Waals surface area contributed by atoms with E-state index in [1.165, 1.54) is 12.1 Å². The lowest BCUT2D eigenvalue weighted by Crippen LogP contribution is -2.24. The van der Waals surface area contributed by atoms with Crippen LogP contribution in [0.1, 0.15) is 43.8 Å². The molecule has 0 bridgehead atoms. The number of hydrogen-bond donors (Lipinski definition) is 1. The number of carbonyl (C=O) groups excluding carboxylic acids is 1. The molecule has 158 valence electrons. The number of carboxylic acid groups (broad SMARTS) is 1. The van der Waals surface area contributed by atoms with Crippen molar-refractivity contribution >= 4 is 11.8 Å². The number of aromatic carboxylic acids is 1. The Morgan fingerprint density at radius 2 is 1.71 bits per heavy atom. The first-order valence-electron chi connectivity index (χ1n) is 10.4. The van der Waals surface area contributed by atoms with Crippen LogP contribution in [0.5, 0.6) is 5.75 Å². The molecule has 0 amide bonds. The number of ether oxygens (including phenoxy) is 1. The molecule has 1 aliphatic rings. The lowest BCUT2D eigenvalue weighted by Gasteiger charge is -2.24. The first kappa shape index (κ1) is 20.8. The van der Waals surface area contributed by atoms with Gasteiger partial charge in [0.2, 0.25) is 0 Å². The lowest BCUT2D eigenvalue weighted by atomic mass is 9.79. The quantitative estimate of drug-likeness (QED) is 0.578. The van der Waals surface area contributed by atoms with E-state index in [0.717, 1.165) is 40.8 Å². The van der Waals surface area contributed by atoms with Crippen molar-refractivity contribution in [3.8, 4) is 5.75 Å². The zero-order chi connectivity index (χ0) is 21.8. The fourth-order valence-corrected chi connectivity index (χ4v) is 3.99. The van der Waals surface area contributed by atoms with E-state index in [2.05, 4.69) is 0 Å². The first-order chi connectivity index (χ1) is 15.0. The van der Waals surface area contributed by atoms with Gasteiger partial charge in [-0.1, -0.05) is 24.3 Å². The number of ketones is 1. The van der Waals surface area contributed by atoms with Crippen LogP contribution in [-0.2, 0) is 19.3 Å². The molecule has 1 aliphatic carbocycles. The van der Waals surface area contributed by atoms with E-state index in [1.807, 2.05) is 18.2 Å². The minimum atomic E-state index is -0.954. The summed E-state index contributed by atoms with van der Waals surface area (Å²) in [4.78, 5) is 24.0. The van der Waals surface area contributed by atoms with Crippen LogP contribution in [0.4, 0.5) is 4.39 Å². The highest BCUT2D eigenvalue weighted by molar-refractivity contribution is 6.00. The molecule has 0 fully saturated rings. The number of fused-ring (bicyclic) bond motifs is 1. The van der Waals surface area contributed by atoms with Gasteiger partial charge in [0.1, 0.15) is 11.6 Å². The number of carbonyl (C=O) groups is 2. The van der Waals surface area contributed by atoms with Gasteiger partial charge in [-0.2, -0.15) is 0 Å². The normalized spacial score (nSPS) is 15.4. The molecular weight excluding hydrogens is 395 g/mol. The molecule has 1 unspecified atom stereocenters. The largest absolute Gasteiger partial charge is 0.493 e. The van der Waals surface area contributed by atoms with E-state index in [4.69, 9.17) is 9.84 Å². The Morgan fingerprint density at radius 3 is 2.42 bits per heavy atom. The maximum Gasteiger partial charge on any atom is 0.335 e. The van der Waals surface area contributed by atoms with Gasteiger partial charge in [0.25, 0.3) is 0 Å². The third-order valence-electron chi connectivity index (χ3n) is 5.73. The Bertz CT molecular complexity index is 1090. The maximum absolute atomic E-state index is 13.0. The van der Waals surface area contributed by atoms with Crippen molar-refractivity contribution in [1.82, 2.24) is 0 Å². The molecule has 0 spiro atoms. The van der Waals surface area contributed by atoms with Gasteiger partial charge in [-0.25, -0.2) is 9.18 Å². The van der Waals surface area contributed by atoms with Crippen LogP contribution in [0.3, 0.4) is 0 Å². The summed E-state index contributed by atoms with van der Waals surface area (Å²) < 4.78 is 18.8. The predicted octanol–water partition coefficient (Wildman–Crippen LogP) is 5.13. The van der Waals surface area contributed by atoms with Crippen LogP contribution in [0.2, 0.25) is 0 Å². The minimum Gasteiger partial charge on any atom is -0.493 e. The Morgan fingerprint density at radius 1 is 1.00 bits per heavy atom. The predicted molar refractivity (Wildman–Crippen MR) is 115 cm³/mol. The summed E-state index contributed by atoms with van der Waals surface area (Å²) in [6.45, 7) is 0.479. The van der Waals surface area contributed by atoms with Crippen LogP contribution < -0.4 is 4.74 Å². The van der Waals surface area contributed by atoms with Crippen LogP contribution in [0, 0.1) is 11.7 Å². The number of halogens is 1. The molecule has 0 saturated carbocycles. The van der Waals surface area contributed by atoms with E-state index >= 15 is 0 Å². The molecule has 1 N–H and O–H groups in total. The van der Waals surface area contributed by atoms with E-state index in [0.29, 0.717) is 19.4 Å². The maximum atomic E-state index is 13.0. The van der Waals surface area contributed by atoms with Crippen molar-refractivity contribution < 1.29 is 23.8 Å². The summed E-state index contributed by atoms with van der Waals surface area (Å²) >= 11 is 0. The second kappa shape index (κ2) is 9.13. The summed E-state index contributed by atoms with van der Waals surface area (Å²) in [6, 6.07) is 18.7. The summed E-state index contributed by atoms with van der Waals surface area (Å²) in [7, 11) is 0. The Kier molecular flexibility index (Phi) is 6.12. The molecule has 0 radical (unpaired) electrons. The molecule has 4 nitrogen and oxygen atoms in total. The van der Waals surface area contributed by atoms with E-state index in [-0.39, 0.29) is 23.1 Å². The standard InChI is InChI=1S/C26H23FO4/c27-22-9-3-17(4-10-22)13-14-31-23-11-12-24-20(16-23)7-8-21(25(24)28)15-18-1-5-19(6-2-18)26(29)30/h1-6,9-12,16,21H,7-8,13-15H2,(H,29,30). The zero-order valence-electron chi connectivity index (χ0n) is 17.0. The highest BCUT2D eigenvalue weighted by Crippen LogP contribution is 2.30. The summed E-state index contributed by atoms with van der Waals surface area (Å²) in [6.07, 6.45) is 2.84. The highest BCUT2D eigenvalue weighted by Gasteiger charge is 2.27. The van der Waals surface area contributed by atoms with E-state index in [1.54, 1.807) is 36.4 Å². The highest BCUT2D eigenvalue weighted by atomic mass is 19.1. The van der Waals surface area contributed by atoms with Crippen molar-refractivity contribution in [3.63, 3.8) is 0 Å². The van der Waals surface area contributed by atoms with Crippen LogP contribution in [0.25, 0.3) is 0 Å². The van der Waals surface area contributed by atoms with Gasteiger partial charge in [0, 0.05) is 17.9 Å². The molecule has 5 heteroatoms. The van der Waals surface area contributed by atoms with Gasteiger partial charge >= 0.3 is 5.97 Å². The van der Waals surface area contributed by atoms with Crippen LogP contribution in [-0.4, -0.2) is 23.5 Å². The van der Waals surface area contributed by atoms with Crippen molar-refractivity contribution in [2.24, 2.45) is 5.92 Å². The van der Waals surface area contributed by atoms with Crippen molar-refractivity contribution in [2.45, 2.75) is 25.7 Å². The van der Waals surface area contributed by atoms with Gasteiger partial charge in [-0.05, 0) is 78.4 Å². The minimum absolute atomic E-state index is 0.103. The van der Waals surface area contributed by atoms with Gasteiger partial charge in [-0.15, -0.1) is 0 Å². The van der Waals surface area contributed by atoms with Crippen molar-refractivity contribution in [2.75, 3.05) is 6.61 Å². The molecule has 0 aliphatic heterocycles. The second-order valence-corrected chi connectivity index (χ2v) is 7.85. The second-order valence-electron chi connectivity index (χ2n) is 7.85. The first-order valence-corrected chi connectivity index (χ1v) is 10.4. The number of rotatable bonds is 7. The smallest absolute Gasteiger partial charge is 0.335 e. The Balaban J connectivity index is 1.36. The summed E-state index contributed by atoms with van der Waals surface area (Å²) in [5.74, 6) is -0.448. The molecule has 0 saturated heterocycles. The molecule has 3 aromatic carbocycles. The van der Waals surface area contributed by atoms with Crippen LogP contribution >= 0.6 is 0 Å². The Hall–Kier alpha value is -3.47. The molecule has 1 atom stereocenters. The summed E-state index contributed by atoms with van der Waals surface area (Å²) in [5, 5.41) is 9.01. The molecule has 0 aromatic heterocycles. The van der Waals surface area contributed by atoms with Crippen molar-refractivity contribution in [1.29, 1.82) is 0 Å². The molecule has 31 heavy (non-hydrogen) atoms. The Labute approximate surface area is 180 Å². The average Bonchev–Trinajstić information content (AvgIpc) is 2.77. The van der Waals surface area contributed by atoms with E-state index in [9.17, 15) is 14.0 Å². The number of benzene rings is 3. The van der Waals surface area contributed by atoms with Gasteiger partial charge in [0.15, 0.2) is 5.78 Å². The number of aryl methyl sites for hydroxylation is 1. The van der Waals surface area contributed by atoms with Gasteiger partial charge in [0.05, 0.1) is 12.2 Å². The molecule has 0 heterocycles. The fraction of sp³-hybridized carbons (Fsp3) is 0.231. The van der Waals surface area contributed by atoms with E-state index < -0.39 is 5.97 Å². The summed E-state index contributed by atoms with van der Waals surface area (Å²) in [5.41, 5.74) is 3.96. The van der Waals surface area contributed by atoms with Crippen LogP contribution in [0.15, 0.2) is 66.7 Å². The third kappa shape index (κ3) is 5.00. The SMILES string of the molecule is O=C(O)c1ccc(CC2CCc3cc(OCCc4ccc(F)cc4)ccc3C2=O)cc1. The molecule has 3 aromatic rings. The van der Waals surface area contributed by atoms with Gasteiger partial charge in [-0.3, -0.25) is 4.79 Å². The fourth-order valence-electron chi connectivity index (χ4n) is 3.99. The zero-order valence-corrected chi connectivity index (χ0v) is 17.0. The number of Topliss-reactive ketones (excluding diaryl/α,β-unsaturated/α-hetero) is 1.